The third-order valence-corrected chi connectivity index (χ3v) is 1.89. The van der Waals surface area contributed by atoms with Gasteiger partial charge < -0.3 is 20.1 Å². The van der Waals surface area contributed by atoms with Gasteiger partial charge in [-0.1, -0.05) is 0 Å². The third kappa shape index (κ3) is 5.13. The lowest BCUT2D eigenvalue weighted by Crippen LogP contribution is -2.16. The average molecular weight is 255 g/mol. The van der Waals surface area contributed by atoms with E-state index in [1.165, 1.54) is 0 Å². The molecule has 0 radical (unpaired) electrons. The van der Waals surface area contributed by atoms with Gasteiger partial charge in [0.15, 0.2) is 0 Å². The molecule has 0 spiro atoms. The second-order valence-corrected chi connectivity index (χ2v) is 3.94. The molecule has 1 heterocycles. The molecule has 1 rings (SSSR count). The van der Waals surface area contributed by atoms with Crippen LogP contribution in [0, 0.1) is 0 Å². The summed E-state index contributed by atoms with van der Waals surface area (Å²) in [5, 5.41) is 6.16. The highest BCUT2D eigenvalue weighted by atomic mass is 16.5. The van der Waals surface area contributed by atoms with Crippen molar-refractivity contribution in [2.24, 2.45) is 0 Å². The van der Waals surface area contributed by atoms with Gasteiger partial charge in [0.2, 0.25) is 11.9 Å². The van der Waals surface area contributed by atoms with Crippen LogP contribution < -0.4 is 15.4 Å². The fraction of sp³-hybridized carbons (Fsp3) is 0.727. The van der Waals surface area contributed by atoms with E-state index in [0.717, 1.165) is 6.54 Å². The van der Waals surface area contributed by atoms with Crippen LogP contribution in [-0.4, -0.2) is 47.9 Å². The van der Waals surface area contributed by atoms with E-state index in [0.29, 0.717) is 31.1 Å². The van der Waals surface area contributed by atoms with Crippen molar-refractivity contribution in [2.45, 2.75) is 26.8 Å². The van der Waals surface area contributed by atoms with Crippen LogP contribution in [0.15, 0.2) is 0 Å². The summed E-state index contributed by atoms with van der Waals surface area (Å²) in [4.78, 5) is 12.6. The van der Waals surface area contributed by atoms with Crippen LogP contribution in [0.5, 0.6) is 6.01 Å². The summed E-state index contributed by atoms with van der Waals surface area (Å²) in [6, 6.07) is 0.537. The number of hydrogen-bond acceptors (Lipinski definition) is 7. The zero-order chi connectivity index (χ0) is 13.4. The number of methoxy groups -OCH3 is 1. The second-order valence-electron chi connectivity index (χ2n) is 3.94. The highest BCUT2D eigenvalue weighted by molar-refractivity contribution is 5.36. The fourth-order valence-corrected chi connectivity index (χ4v) is 1.20. The molecule has 2 N–H and O–H groups in total. The minimum Gasteiger partial charge on any atom is -0.461 e. The second kappa shape index (κ2) is 7.65. The molecule has 0 amide bonds. The van der Waals surface area contributed by atoms with Crippen LogP contribution in [0.3, 0.4) is 0 Å². The van der Waals surface area contributed by atoms with Gasteiger partial charge in [-0.3, -0.25) is 0 Å². The molecule has 1 aromatic heterocycles. The molecule has 102 valence electrons. The molecule has 0 atom stereocenters. The van der Waals surface area contributed by atoms with Crippen molar-refractivity contribution in [3.05, 3.63) is 0 Å². The fourth-order valence-electron chi connectivity index (χ4n) is 1.20. The molecule has 0 bridgehead atoms. The Kier molecular flexibility index (Phi) is 6.13. The molecule has 0 aromatic carbocycles. The molecule has 7 heteroatoms. The number of anilines is 2. The van der Waals surface area contributed by atoms with Crippen molar-refractivity contribution < 1.29 is 9.47 Å². The first kappa shape index (κ1) is 14.4. The SMILES string of the molecule is CCNc1nc(NC(C)C)nc(OCCOC)n1. The van der Waals surface area contributed by atoms with E-state index in [1.54, 1.807) is 7.11 Å². The summed E-state index contributed by atoms with van der Waals surface area (Å²) in [7, 11) is 1.62. The molecule has 18 heavy (non-hydrogen) atoms. The van der Waals surface area contributed by atoms with Gasteiger partial charge in [-0.15, -0.1) is 0 Å². The maximum atomic E-state index is 5.39. The molecule has 0 saturated heterocycles. The van der Waals surface area contributed by atoms with E-state index in [1.807, 2.05) is 20.8 Å². The van der Waals surface area contributed by atoms with E-state index in [4.69, 9.17) is 9.47 Å². The maximum Gasteiger partial charge on any atom is 0.323 e. The summed E-state index contributed by atoms with van der Waals surface area (Å²) in [5.41, 5.74) is 0. The molecule has 0 saturated carbocycles. The number of ether oxygens (including phenoxy) is 2. The zero-order valence-corrected chi connectivity index (χ0v) is 11.4. The summed E-state index contributed by atoms with van der Waals surface area (Å²) in [6.45, 7) is 7.65. The largest absolute Gasteiger partial charge is 0.461 e. The predicted octanol–water partition coefficient (Wildman–Crippen LogP) is 1.15. The predicted molar refractivity (Wildman–Crippen MR) is 70.1 cm³/mol. The maximum absolute atomic E-state index is 5.39. The Bertz CT molecular complexity index is 359. The van der Waals surface area contributed by atoms with Crippen LogP contribution in [0.1, 0.15) is 20.8 Å². The average Bonchev–Trinajstić information content (AvgIpc) is 2.28. The number of hydrogen-bond donors (Lipinski definition) is 2. The Labute approximate surface area is 107 Å². The Hall–Kier alpha value is -1.63. The summed E-state index contributed by atoms with van der Waals surface area (Å²) in [6.07, 6.45) is 0. The van der Waals surface area contributed by atoms with Gasteiger partial charge >= 0.3 is 6.01 Å². The van der Waals surface area contributed by atoms with Crippen LogP contribution in [0.25, 0.3) is 0 Å². The lowest BCUT2D eigenvalue weighted by molar-refractivity contribution is 0.141. The molecule has 0 aliphatic rings. The quantitative estimate of drug-likeness (QED) is 0.674. The Morgan fingerprint density at radius 1 is 1.11 bits per heavy atom. The summed E-state index contributed by atoms with van der Waals surface area (Å²) < 4.78 is 10.3. The van der Waals surface area contributed by atoms with E-state index in [2.05, 4.69) is 25.6 Å². The van der Waals surface area contributed by atoms with Crippen molar-refractivity contribution in [3.63, 3.8) is 0 Å². The number of nitrogens with one attached hydrogen (secondary N) is 2. The van der Waals surface area contributed by atoms with E-state index in [-0.39, 0.29) is 6.04 Å². The van der Waals surface area contributed by atoms with E-state index >= 15 is 0 Å². The number of rotatable bonds is 8. The van der Waals surface area contributed by atoms with Crippen LogP contribution in [0.4, 0.5) is 11.9 Å². The van der Waals surface area contributed by atoms with Gasteiger partial charge in [0.25, 0.3) is 0 Å². The minimum absolute atomic E-state index is 0.244. The minimum atomic E-state index is 0.244. The van der Waals surface area contributed by atoms with Gasteiger partial charge in [0.1, 0.15) is 6.61 Å². The Morgan fingerprint density at radius 2 is 1.83 bits per heavy atom. The first-order chi connectivity index (χ1) is 8.65. The normalized spacial score (nSPS) is 10.5. The van der Waals surface area contributed by atoms with Crippen molar-refractivity contribution >= 4 is 11.9 Å². The molecular weight excluding hydrogens is 234 g/mol. The highest BCUT2D eigenvalue weighted by Crippen LogP contribution is 2.11. The van der Waals surface area contributed by atoms with Gasteiger partial charge in [0, 0.05) is 19.7 Å². The zero-order valence-electron chi connectivity index (χ0n) is 11.4. The highest BCUT2D eigenvalue weighted by Gasteiger charge is 2.07. The van der Waals surface area contributed by atoms with Crippen LogP contribution in [0.2, 0.25) is 0 Å². The van der Waals surface area contributed by atoms with Crippen molar-refractivity contribution in [3.8, 4) is 6.01 Å². The van der Waals surface area contributed by atoms with Crippen LogP contribution in [-0.2, 0) is 4.74 Å². The Morgan fingerprint density at radius 3 is 2.44 bits per heavy atom. The van der Waals surface area contributed by atoms with Crippen molar-refractivity contribution in [1.82, 2.24) is 15.0 Å². The Balaban J connectivity index is 2.77. The van der Waals surface area contributed by atoms with Crippen LogP contribution >= 0.6 is 0 Å². The number of nitrogens with zero attached hydrogens (tertiary/aromatic N) is 3. The van der Waals surface area contributed by atoms with Crippen molar-refractivity contribution in [2.75, 3.05) is 37.5 Å². The standard InChI is InChI=1S/C11H21N5O2/c1-5-12-9-14-10(13-8(2)3)16-11(15-9)18-7-6-17-4/h8H,5-7H2,1-4H3,(H2,12,13,14,15,16). The lowest BCUT2D eigenvalue weighted by Gasteiger charge is -2.11. The van der Waals surface area contributed by atoms with E-state index < -0.39 is 0 Å². The van der Waals surface area contributed by atoms with Gasteiger partial charge in [0.05, 0.1) is 6.61 Å². The van der Waals surface area contributed by atoms with Gasteiger partial charge in [-0.25, -0.2) is 0 Å². The van der Waals surface area contributed by atoms with Gasteiger partial charge in [-0.05, 0) is 20.8 Å². The summed E-state index contributed by atoms with van der Waals surface area (Å²) in [5.74, 6) is 1.01. The first-order valence-corrected chi connectivity index (χ1v) is 6.04. The monoisotopic (exact) mass is 255 g/mol. The topological polar surface area (TPSA) is 81.2 Å². The molecule has 1 aromatic rings. The first-order valence-electron chi connectivity index (χ1n) is 6.04. The number of aromatic nitrogens is 3. The molecular formula is C11H21N5O2. The van der Waals surface area contributed by atoms with E-state index in [9.17, 15) is 0 Å². The van der Waals surface area contributed by atoms with Gasteiger partial charge in [-0.2, -0.15) is 15.0 Å². The lowest BCUT2D eigenvalue weighted by atomic mass is 10.4. The molecule has 0 fully saturated rings. The summed E-state index contributed by atoms with van der Waals surface area (Å²) >= 11 is 0. The smallest absolute Gasteiger partial charge is 0.323 e. The molecule has 0 aliphatic carbocycles. The van der Waals surface area contributed by atoms with Crippen molar-refractivity contribution in [1.29, 1.82) is 0 Å². The molecule has 0 unspecified atom stereocenters. The molecule has 7 nitrogen and oxygen atoms in total. The third-order valence-electron chi connectivity index (χ3n) is 1.89. The molecule has 0 aliphatic heterocycles.